The summed E-state index contributed by atoms with van der Waals surface area (Å²) in [5.74, 6) is -1.01. The van der Waals surface area contributed by atoms with E-state index in [0.717, 1.165) is 0 Å². The first-order valence-electron chi connectivity index (χ1n) is 5.66. The van der Waals surface area contributed by atoms with Gasteiger partial charge in [0.2, 0.25) is 0 Å². The maximum Gasteiger partial charge on any atom is 0.333 e. The highest BCUT2D eigenvalue weighted by Gasteiger charge is 2.44. The predicted molar refractivity (Wildman–Crippen MR) is 60.1 cm³/mol. The van der Waals surface area contributed by atoms with E-state index in [-0.39, 0.29) is 5.57 Å². The van der Waals surface area contributed by atoms with Gasteiger partial charge in [-0.15, -0.1) is 0 Å². The van der Waals surface area contributed by atoms with Gasteiger partial charge in [-0.25, -0.2) is 4.79 Å². The summed E-state index contributed by atoms with van der Waals surface area (Å²) in [6, 6.07) is 0. The third-order valence-electron chi connectivity index (χ3n) is 3.18. The lowest BCUT2D eigenvalue weighted by molar-refractivity contribution is -0.132. The van der Waals surface area contributed by atoms with Gasteiger partial charge in [-0.1, -0.05) is 0 Å². The molecule has 7 heteroatoms. The van der Waals surface area contributed by atoms with E-state index in [1.165, 1.54) is 6.20 Å². The number of hydrogen-bond acceptors (Lipinski definition) is 6. The molecule has 0 aromatic heterocycles. The molecule has 7 nitrogen and oxygen atoms in total. The fourth-order valence-corrected chi connectivity index (χ4v) is 2.11. The van der Waals surface area contributed by atoms with Gasteiger partial charge in [0.15, 0.2) is 0 Å². The molecule has 1 fully saturated rings. The number of carboxylic acid groups (broad SMARTS) is 1. The van der Waals surface area contributed by atoms with Crippen molar-refractivity contribution in [1.29, 1.82) is 0 Å². The van der Waals surface area contributed by atoms with Gasteiger partial charge in [-0.2, -0.15) is 0 Å². The van der Waals surface area contributed by atoms with Crippen molar-refractivity contribution < 1.29 is 30.0 Å². The van der Waals surface area contributed by atoms with Gasteiger partial charge in [-0.3, -0.25) is 4.99 Å². The Morgan fingerprint density at radius 1 is 1.39 bits per heavy atom. The van der Waals surface area contributed by atoms with Crippen molar-refractivity contribution >= 4 is 11.7 Å². The normalized spacial score (nSPS) is 36.2. The molecule has 0 bridgehead atoms. The molecule has 0 unspecified atom stereocenters. The van der Waals surface area contributed by atoms with E-state index in [9.17, 15) is 15.0 Å². The molecule has 0 spiro atoms. The second-order valence-corrected chi connectivity index (χ2v) is 4.34. The lowest BCUT2D eigenvalue weighted by Crippen LogP contribution is -2.37. The van der Waals surface area contributed by atoms with Crippen LogP contribution >= 0.6 is 0 Å². The minimum absolute atomic E-state index is 0.200. The second-order valence-electron chi connectivity index (χ2n) is 4.34. The molecule has 100 valence electrons. The average Bonchev–Trinajstić information content (AvgIpc) is 2.66. The van der Waals surface area contributed by atoms with Crippen LogP contribution in [0.3, 0.4) is 0 Å². The molecule has 2 aliphatic rings. The fraction of sp³-hybridized carbons (Fsp3) is 0.636. The molecule has 4 N–H and O–H groups in total. The number of carbonyl (C=O) groups is 1. The lowest BCUT2D eigenvalue weighted by atomic mass is 9.98. The Labute approximate surface area is 103 Å². The zero-order chi connectivity index (χ0) is 13.3. The summed E-state index contributed by atoms with van der Waals surface area (Å²) in [6.45, 7) is -0.391. The van der Waals surface area contributed by atoms with E-state index < -0.39 is 37.0 Å². The number of rotatable bonds is 3. The van der Waals surface area contributed by atoms with E-state index in [0.29, 0.717) is 18.6 Å². The highest BCUT2D eigenvalue weighted by atomic mass is 16.6. The Hall–Kier alpha value is -1.28. The highest BCUT2D eigenvalue weighted by molar-refractivity contribution is 5.95. The smallest absolute Gasteiger partial charge is 0.333 e. The Morgan fingerprint density at radius 3 is 2.56 bits per heavy atom. The zero-order valence-electron chi connectivity index (χ0n) is 9.56. The first-order valence-corrected chi connectivity index (χ1v) is 5.66. The molecule has 18 heavy (non-hydrogen) atoms. The quantitative estimate of drug-likeness (QED) is 0.497. The molecule has 0 amide bonds. The van der Waals surface area contributed by atoms with E-state index in [1.54, 1.807) is 0 Å². The molecule has 1 saturated heterocycles. The molecule has 2 heterocycles. The SMILES string of the molecule is O=C(O)C1=CN=C([C@@H]2O[C@H](CO)[C@@H](O)[C@H]2O)CC1. The Bertz CT molecular complexity index is 404. The van der Waals surface area contributed by atoms with Gasteiger partial charge in [0.1, 0.15) is 24.4 Å². The van der Waals surface area contributed by atoms with Crippen molar-refractivity contribution in [1.82, 2.24) is 0 Å². The minimum Gasteiger partial charge on any atom is -0.478 e. The molecule has 0 aromatic carbocycles. The van der Waals surface area contributed by atoms with Gasteiger partial charge in [0.25, 0.3) is 0 Å². The molecule has 0 radical (unpaired) electrons. The number of aliphatic hydroxyl groups is 3. The lowest BCUT2D eigenvalue weighted by Gasteiger charge is -2.19. The first-order chi connectivity index (χ1) is 8.54. The van der Waals surface area contributed by atoms with Crippen LogP contribution in [-0.4, -0.2) is 63.1 Å². The molecular weight excluding hydrogens is 242 g/mol. The summed E-state index contributed by atoms with van der Waals surface area (Å²) in [5, 5.41) is 37.1. The summed E-state index contributed by atoms with van der Waals surface area (Å²) >= 11 is 0. The molecule has 2 aliphatic heterocycles. The number of carboxylic acids is 1. The Morgan fingerprint density at radius 2 is 2.11 bits per heavy atom. The highest BCUT2D eigenvalue weighted by Crippen LogP contribution is 2.26. The van der Waals surface area contributed by atoms with Crippen LogP contribution in [0.15, 0.2) is 16.8 Å². The summed E-state index contributed by atoms with van der Waals surface area (Å²) in [6.07, 6.45) is -2.05. The van der Waals surface area contributed by atoms with Crippen LogP contribution in [0.4, 0.5) is 0 Å². The molecular formula is C11H15NO6. The third kappa shape index (κ3) is 2.30. The summed E-state index contributed by atoms with van der Waals surface area (Å²) < 4.78 is 5.31. The number of ether oxygens (including phenoxy) is 1. The largest absolute Gasteiger partial charge is 0.478 e. The van der Waals surface area contributed by atoms with E-state index in [1.807, 2.05) is 0 Å². The van der Waals surface area contributed by atoms with Gasteiger partial charge < -0.3 is 25.2 Å². The topological polar surface area (TPSA) is 120 Å². The van der Waals surface area contributed by atoms with E-state index >= 15 is 0 Å². The van der Waals surface area contributed by atoms with Gasteiger partial charge in [-0.05, 0) is 12.8 Å². The standard InChI is InChI=1S/C11H15NO6/c13-4-7-8(14)9(15)10(18-7)6-2-1-5(3-12-6)11(16)17/h3,7-10,13-15H,1-2,4H2,(H,16,17)/t7-,8-,9-,10+/m1/s1. The number of nitrogens with zero attached hydrogens (tertiary/aromatic N) is 1. The van der Waals surface area contributed by atoms with Gasteiger partial charge >= 0.3 is 5.97 Å². The monoisotopic (exact) mass is 257 g/mol. The summed E-state index contributed by atoms with van der Waals surface area (Å²) in [5.41, 5.74) is 0.688. The van der Waals surface area contributed by atoms with Crippen LogP contribution in [0.5, 0.6) is 0 Å². The summed E-state index contributed by atoms with van der Waals surface area (Å²) in [4.78, 5) is 14.7. The third-order valence-corrected chi connectivity index (χ3v) is 3.18. The number of aliphatic imine (C=N–C) groups is 1. The molecule has 0 saturated carbocycles. The van der Waals surface area contributed by atoms with Crippen LogP contribution in [0, 0.1) is 0 Å². The zero-order valence-corrected chi connectivity index (χ0v) is 9.56. The van der Waals surface area contributed by atoms with Crippen LogP contribution < -0.4 is 0 Å². The average molecular weight is 257 g/mol. The second kappa shape index (κ2) is 5.15. The predicted octanol–water partition coefficient (Wildman–Crippen LogP) is -1.33. The van der Waals surface area contributed by atoms with Crippen LogP contribution in [0.2, 0.25) is 0 Å². The maximum atomic E-state index is 10.7. The van der Waals surface area contributed by atoms with Crippen molar-refractivity contribution in [3.8, 4) is 0 Å². The minimum atomic E-state index is -1.16. The number of aliphatic hydroxyl groups excluding tert-OH is 3. The van der Waals surface area contributed by atoms with Crippen LogP contribution in [-0.2, 0) is 9.53 Å². The van der Waals surface area contributed by atoms with Crippen LogP contribution in [0.1, 0.15) is 12.8 Å². The Kier molecular flexibility index (Phi) is 3.76. The first kappa shape index (κ1) is 13.2. The number of hydrogen-bond donors (Lipinski definition) is 4. The van der Waals surface area contributed by atoms with Crippen molar-refractivity contribution in [3.05, 3.63) is 11.8 Å². The van der Waals surface area contributed by atoms with Gasteiger partial charge in [0.05, 0.1) is 12.2 Å². The molecule has 0 aromatic rings. The molecule has 0 aliphatic carbocycles. The van der Waals surface area contributed by atoms with Gasteiger partial charge in [0, 0.05) is 11.9 Å². The van der Waals surface area contributed by atoms with E-state index in [2.05, 4.69) is 4.99 Å². The fourth-order valence-electron chi connectivity index (χ4n) is 2.11. The molecule has 4 atom stereocenters. The molecule has 2 rings (SSSR count). The number of aliphatic carboxylic acids is 1. The van der Waals surface area contributed by atoms with Crippen LogP contribution in [0.25, 0.3) is 0 Å². The van der Waals surface area contributed by atoms with Crippen molar-refractivity contribution in [2.45, 2.75) is 37.3 Å². The summed E-state index contributed by atoms with van der Waals surface area (Å²) in [7, 11) is 0. The van der Waals surface area contributed by atoms with Crippen molar-refractivity contribution in [3.63, 3.8) is 0 Å². The van der Waals surface area contributed by atoms with Crippen molar-refractivity contribution in [2.75, 3.05) is 6.61 Å². The van der Waals surface area contributed by atoms with Crippen molar-refractivity contribution in [2.24, 2.45) is 4.99 Å². The Balaban J connectivity index is 2.12. The van der Waals surface area contributed by atoms with E-state index in [4.69, 9.17) is 14.9 Å². The maximum absolute atomic E-state index is 10.7.